The van der Waals surface area contributed by atoms with Gasteiger partial charge in [-0.1, -0.05) is 45.4 Å². The summed E-state index contributed by atoms with van der Waals surface area (Å²) in [5.41, 5.74) is 0. The first-order valence-electron chi connectivity index (χ1n) is 8.36. The predicted molar refractivity (Wildman–Crippen MR) is 79.2 cm³/mol. The van der Waals surface area contributed by atoms with Gasteiger partial charge in [0.2, 0.25) is 0 Å². The fourth-order valence-corrected chi connectivity index (χ4v) is 3.49. The van der Waals surface area contributed by atoms with Gasteiger partial charge in [-0.25, -0.2) is 0 Å². The van der Waals surface area contributed by atoms with E-state index >= 15 is 0 Å². The molecule has 5 heteroatoms. The summed E-state index contributed by atoms with van der Waals surface area (Å²) in [5, 5.41) is 5.18. The number of halogens is 3. The molecular formula is C16H27F3N2. The highest BCUT2D eigenvalue weighted by Crippen LogP contribution is 2.39. The van der Waals surface area contributed by atoms with Gasteiger partial charge in [0, 0.05) is 19.2 Å². The largest absolute Gasteiger partial charge is 0.410 e. The van der Waals surface area contributed by atoms with Gasteiger partial charge in [0.25, 0.3) is 0 Å². The van der Waals surface area contributed by atoms with Gasteiger partial charge in [-0.05, 0) is 24.7 Å². The Morgan fingerprint density at radius 3 is 2.48 bits per heavy atom. The number of nitrogens with zero attached hydrogens (tertiary/aromatic N) is 2. The second kappa shape index (κ2) is 7.50. The zero-order valence-corrected chi connectivity index (χ0v) is 12.9. The molecule has 0 aromatic rings. The van der Waals surface area contributed by atoms with Crippen LogP contribution in [-0.2, 0) is 0 Å². The monoisotopic (exact) mass is 304 g/mol. The zero-order valence-electron chi connectivity index (χ0n) is 12.9. The van der Waals surface area contributed by atoms with Crippen LogP contribution in [0.3, 0.4) is 0 Å². The van der Waals surface area contributed by atoms with Gasteiger partial charge in [0.1, 0.15) is 6.04 Å². The molecule has 1 atom stereocenters. The summed E-state index contributed by atoms with van der Waals surface area (Å²) in [6, 6.07) is -1.38. The van der Waals surface area contributed by atoms with Crippen molar-refractivity contribution in [3.8, 4) is 0 Å². The Labute approximate surface area is 125 Å². The van der Waals surface area contributed by atoms with E-state index in [1.165, 1.54) is 49.7 Å². The number of alkyl halides is 3. The molecule has 0 bridgehead atoms. The summed E-state index contributed by atoms with van der Waals surface area (Å²) < 4.78 is 38.4. The van der Waals surface area contributed by atoms with Crippen molar-refractivity contribution in [1.29, 1.82) is 0 Å². The average molecular weight is 304 g/mol. The van der Waals surface area contributed by atoms with Crippen LogP contribution in [0.1, 0.15) is 64.7 Å². The third-order valence-electron chi connectivity index (χ3n) is 4.79. The Morgan fingerprint density at radius 2 is 1.81 bits per heavy atom. The van der Waals surface area contributed by atoms with Crippen LogP contribution in [0.4, 0.5) is 13.2 Å². The lowest BCUT2D eigenvalue weighted by Crippen LogP contribution is -2.44. The molecular weight excluding hydrogens is 277 g/mol. The SMILES string of the molecule is CCCCCCCC1CC(CN2N=CCC2C(F)(F)F)C1. The van der Waals surface area contributed by atoms with Crippen LogP contribution >= 0.6 is 0 Å². The van der Waals surface area contributed by atoms with Crippen molar-refractivity contribution in [2.45, 2.75) is 76.9 Å². The molecule has 0 radical (unpaired) electrons. The van der Waals surface area contributed by atoms with Crippen molar-refractivity contribution in [3.05, 3.63) is 0 Å². The van der Waals surface area contributed by atoms with Crippen molar-refractivity contribution < 1.29 is 13.2 Å². The van der Waals surface area contributed by atoms with Gasteiger partial charge in [-0.15, -0.1) is 0 Å². The second-order valence-electron chi connectivity index (χ2n) is 6.62. The molecule has 2 aliphatic rings. The van der Waals surface area contributed by atoms with Crippen molar-refractivity contribution in [2.24, 2.45) is 16.9 Å². The summed E-state index contributed by atoms with van der Waals surface area (Å²) >= 11 is 0. The van der Waals surface area contributed by atoms with Crippen LogP contribution in [0.25, 0.3) is 0 Å². The first kappa shape index (κ1) is 16.6. The molecule has 1 aliphatic heterocycles. The van der Waals surface area contributed by atoms with Crippen LogP contribution in [0.15, 0.2) is 5.10 Å². The van der Waals surface area contributed by atoms with Crippen LogP contribution in [0, 0.1) is 11.8 Å². The quantitative estimate of drug-likeness (QED) is 0.576. The van der Waals surface area contributed by atoms with E-state index in [0.717, 1.165) is 18.8 Å². The van der Waals surface area contributed by atoms with Gasteiger partial charge in [0.15, 0.2) is 0 Å². The predicted octanol–water partition coefficient (Wildman–Crippen LogP) is 5.00. The van der Waals surface area contributed by atoms with E-state index in [1.807, 2.05) is 0 Å². The fraction of sp³-hybridized carbons (Fsp3) is 0.938. The topological polar surface area (TPSA) is 15.6 Å². The highest BCUT2D eigenvalue weighted by molar-refractivity contribution is 5.60. The fourth-order valence-electron chi connectivity index (χ4n) is 3.49. The average Bonchev–Trinajstić information content (AvgIpc) is 2.83. The molecule has 0 N–H and O–H groups in total. The van der Waals surface area contributed by atoms with Gasteiger partial charge >= 0.3 is 6.18 Å². The maximum atomic E-state index is 12.8. The Morgan fingerprint density at radius 1 is 1.10 bits per heavy atom. The van der Waals surface area contributed by atoms with Crippen molar-refractivity contribution in [2.75, 3.05) is 6.54 Å². The molecule has 1 fully saturated rings. The first-order chi connectivity index (χ1) is 10.0. The molecule has 21 heavy (non-hydrogen) atoms. The Hall–Kier alpha value is -0.740. The Balaban J connectivity index is 1.59. The minimum absolute atomic E-state index is 0.0110. The molecule has 1 saturated carbocycles. The summed E-state index contributed by atoms with van der Waals surface area (Å²) in [4.78, 5) is 0. The summed E-state index contributed by atoms with van der Waals surface area (Å²) in [5.74, 6) is 1.15. The number of unbranched alkanes of at least 4 members (excludes halogenated alkanes) is 4. The summed E-state index contributed by atoms with van der Waals surface area (Å²) in [6.45, 7) is 2.69. The normalized spacial score (nSPS) is 29.0. The van der Waals surface area contributed by atoms with Crippen LogP contribution < -0.4 is 0 Å². The number of hydrazone groups is 1. The maximum Gasteiger partial charge on any atom is 0.410 e. The molecule has 122 valence electrons. The lowest BCUT2D eigenvalue weighted by molar-refractivity contribution is -0.181. The smallest absolute Gasteiger partial charge is 0.284 e. The molecule has 1 aliphatic carbocycles. The van der Waals surface area contributed by atoms with Gasteiger partial charge < -0.3 is 0 Å². The van der Waals surface area contributed by atoms with E-state index in [0.29, 0.717) is 12.5 Å². The molecule has 0 spiro atoms. The molecule has 1 heterocycles. The van der Waals surface area contributed by atoms with E-state index in [1.54, 1.807) is 0 Å². The molecule has 2 nitrogen and oxygen atoms in total. The van der Waals surface area contributed by atoms with E-state index < -0.39 is 12.2 Å². The number of rotatable bonds is 8. The minimum Gasteiger partial charge on any atom is -0.284 e. The molecule has 0 saturated heterocycles. The molecule has 0 aromatic carbocycles. The Bertz CT molecular complexity index is 335. The van der Waals surface area contributed by atoms with Gasteiger partial charge in [-0.2, -0.15) is 18.3 Å². The van der Waals surface area contributed by atoms with Crippen LogP contribution in [0.5, 0.6) is 0 Å². The third-order valence-corrected chi connectivity index (χ3v) is 4.79. The van der Waals surface area contributed by atoms with Gasteiger partial charge in [0.05, 0.1) is 0 Å². The standard InChI is InChI=1S/C16H27F3N2/c1-2-3-4-5-6-7-13-10-14(11-13)12-21-15(8-9-20-21)16(17,18)19/h9,13-15H,2-8,10-12H2,1H3. The summed E-state index contributed by atoms with van der Waals surface area (Å²) in [7, 11) is 0. The lowest BCUT2D eigenvalue weighted by atomic mass is 9.72. The van der Waals surface area contributed by atoms with Crippen LogP contribution in [0.2, 0.25) is 0 Å². The highest BCUT2D eigenvalue weighted by atomic mass is 19.4. The molecule has 2 rings (SSSR count). The third kappa shape index (κ3) is 4.89. The van der Waals surface area contributed by atoms with E-state index in [9.17, 15) is 13.2 Å². The highest BCUT2D eigenvalue weighted by Gasteiger charge is 2.46. The molecule has 0 amide bonds. The Kier molecular flexibility index (Phi) is 5.94. The first-order valence-corrected chi connectivity index (χ1v) is 8.36. The second-order valence-corrected chi connectivity index (χ2v) is 6.62. The van der Waals surface area contributed by atoms with Crippen molar-refractivity contribution in [3.63, 3.8) is 0 Å². The summed E-state index contributed by atoms with van der Waals surface area (Å²) in [6.07, 6.45) is 7.19. The lowest BCUT2D eigenvalue weighted by Gasteiger charge is -2.39. The maximum absolute atomic E-state index is 12.8. The minimum atomic E-state index is -4.15. The van der Waals surface area contributed by atoms with E-state index in [4.69, 9.17) is 0 Å². The van der Waals surface area contributed by atoms with Crippen molar-refractivity contribution in [1.82, 2.24) is 5.01 Å². The number of hydrogen-bond acceptors (Lipinski definition) is 2. The van der Waals surface area contributed by atoms with E-state index in [-0.39, 0.29) is 6.42 Å². The molecule has 1 unspecified atom stereocenters. The molecule has 0 aromatic heterocycles. The van der Waals surface area contributed by atoms with Crippen LogP contribution in [-0.4, -0.2) is 30.0 Å². The van der Waals surface area contributed by atoms with Gasteiger partial charge in [-0.3, -0.25) is 5.01 Å². The van der Waals surface area contributed by atoms with E-state index in [2.05, 4.69) is 12.0 Å². The zero-order chi connectivity index (χ0) is 15.3. The number of hydrogen-bond donors (Lipinski definition) is 0. The van der Waals surface area contributed by atoms with Crippen molar-refractivity contribution >= 4 is 6.21 Å².